The number of benzene rings is 2. The number of anilines is 3. The van der Waals surface area contributed by atoms with Crippen molar-refractivity contribution in [2.75, 3.05) is 11.1 Å². The van der Waals surface area contributed by atoms with Gasteiger partial charge in [-0.2, -0.15) is 9.67 Å². The minimum absolute atomic E-state index is 0.0950. The first-order valence-corrected chi connectivity index (χ1v) is 12.3. The molecular weight excluding hydrogens is 507 g/mol. The van der Waals surface area contributed by atoms with Crippen molar-refractivity contribution < 1.29 is 27.2 Å². The largest absolute Gasteiger partial charge is 0.368 e. The highest BCUT2D eigenvalue weighted by Gasteiger charge is 2.24. The highest BCUT2D eigenvalue weighted by Crippen LogP contribution is 2.20. The molecule has 0 aliphatic rings. The minimum atomic E-state index is -4.25. The number of nitrogens with zero attached hydrogens (tertiary/aromatic N) is 3. The van der Waals surface area contributed by atoms with Gasteiger partial charge in [-0.1, -0.05) is 12.1 Å². The van der Waals surface area contributed by atoms with Crippen LogP contribution in [-0.2, 0) is 19.6 Å². The molecule has 0 saturated heterocycles. The van der Waals surface area contributed by atoms with E-state index in [0.717, 1.165) is 10.7 Å². The minimum Gasteiger partial charge on any atom is -0.368 e. The van der Waals surface area contributed by atoms with Gasteiger partial charge in [-0.05, 0) is 56.7 Å². The maximum absolute atomic E-state index is 14.2. The standard InChI is InChI=1S/C22H25FN8O5S/c1-11-5-4-6-16(23)17(11)20(34)31-21(25)28-22(29-31)27-14-7-9-15(10-8-14)37(35,36)30-19(33)13(3)26-18(32)12(2)24/h4-10,12-13H,24H2,1-3H3,(H,26,32)(H,30,33)(H3,25,27,28,29)/t12-,13-/m0/s1. The third kappa shape index (κ3) is 6.25. The van der Waals surface area contributed by atoms with E-state index in [1.807, 2.05) is 4.72 Å². The molecule has 13 nitrogen and oxygen atoms in total. The van der Waals surface area contributed by atoms with Crippen molar-refractivity contribution in [3.8, 4) is 0 Å². The highest BCUT2D eigenvalue weighted by atomic mass is 32.2. The van der Waals surface area contributed by atoms with E-state index in [9.17, 15) is 27.2 Å². The van der Waals surface area contributed by atoms with Crippen LogP contribution >= 0.6 is 0 Å². The Morgan fingerprint density at radius 1 is 1.05 bits per heavy atom. The average Bonchev–Trinajstić information content (AvgIpc) is 3.18. The van der Waals surface area contributed by atoms with E-state index in [2.05, 4.69) is 20.7 Å². The van der Waals surface area contributed by atoms with Crippen LogP contribution in [0.15, 0.2) is 47.4 Å². The summed E-state index contributed by atoms with van der Waals surface area (Å²) in [5.41, 5.74) is 11.7. The van der Waals surface area contributed by atoms with Crippen molar-refractivity contribution in [3.63, 3.8) is 0 Å². The summed E-state index contributed by atoms with van der Waals surface area (Å²) in [6.45, 7) is 4.30. The number of halogens is 1. The average molecular weight is 533 g/mol. The Balaban J connectivity index is 1.71. The van der Waals surface area contributed by atoms with E-state index >= 15 is 0 Å². The van der Waals surface area contributed by atoms with Gasteiger partial charge in [-0.15, -0.1) is 5.10 Å². The van der Waals surface area contributed by atoms with E-state index in [-0.39, 0.29) is 22.4 Å². The number of aromatic nitrogens is 3. The summed E-state index contributed by atoms with van der Waals surface area (Å²) in [6.07, 6.45) is 0. The smallest absolute Gasteiger partial charge is 0.284 e. The Hall–Kier alpha value is -4.37. The maximum Gasteiger partial charge on any atom is 0.284 e. The SMILES string of the molecule is Cc1cccc(F)c1C(=O)n1nc(Nc2ccc(S(=O)(=O)NC(=O)[C@H](C)NC(=O)[C@H](C)N)cc2)nc1N. The lowest BCUT2D eigenvalue weighted by atomic mass is 10.1. The van der Waals surface area contributed by atoms with Gasteiger partial charge in [-0.25, -0.2) is 17.5 Å². The number of carbonyl (C=O) groups excluding carboxylic acids is 3. The van der Waals surface area contributed by atoms with Gasteiger partial charge in [0.2, 0.25) is 17.8 Å². The van der Waals surface area contributed by atoms with Crippen LogP contribution in [0.4, 0.5) is 22.0 Å². The molecule has 0 radical (unpaired) electrons. The van der Waals surface area contributed by atoms with Crippen LogP contribution in [0.3, 0.4) is 0 Å². The molecule has 2 amide bonds. The van der Waals surface area contributed by atoms with Crippen molar-refractivity contribution in [2.45, 2.75) is 37.8 Å². The predicted octanol–water partition coefficient (Wildman–Crippen LogP) is 0.397. The molecule has 0 aliphatic carbocycles. The monoisotopic (exact) mass is 532 g/mol. The molecule has 15 heteroatoms. The molecule has 196 valence electrons. The van der Waals surface area contributed by atoms with E-state index in [4.69, 9.17) is 11.5 Å². The fraction of sp³-hybridized carbons (Fsp3) is 0.227. The lowest BCUT2D eigenvalue weighted by molar-refractivity contribution is -0.128. The lowest BCUT2D eigenvalue weighted by Crippen LogP contribution is -2.50. The van der Waals surface area contributed by atoms with Gasteiger partial charge in [0.1, 0.15) is 11.9 Å². The summed E-state index contributed by atoms with van der Waals surface area (Å²) in [5, 5.41) is 9.02. The van der Waals surface area contributed by atoms with Crippen molar-refractivity contribution in [2.24, 2.45) is 5.73 Å². The predicted molar refractivity (Wildman–Crippen MR) is 132 cm³/mol. The quantitative estimate of drug-likeness (QED) is 0.270. The maximum atomic E-state index is 14.2. The first kappa shape index (κ1) is 27.2. The van der Waals surface area contributed by atoms with Crippen LogP contribution in [0.5, 0.6) is 0 Å². The summed E-state index contributed by atoms with van der Waals surface area (Å²) < 4.78 is 41.9. The van der Waals surface area contributed by atoms with Crippen molar-refractivity contribution in [3.05, 3.63) is 59.4 Å². The molecule has 37 heavy (non-hydrogen) atoms. The second-order valence-electron chi connectivity index (χ2n) is 8.08. The Bertz CT molecular complexity index is 1430. The number of nitrogen functional groups attached to an aromatic ring is 1. The number of amides is 2. The number of rotatable bonds is 8. The Kier molecular flexibility index (Phi) is 7.88. The second-order valence-corrected chi connectivity index (χ2v) is 9.76. The van der Waals surface area contributed by atoms with Crippen molar-refractivity contribution in [1.82, 2.24) is 24.8 Å². The lowest BCUT2D eigenvalue weighted by Gasteiger charge is -2.15. The molecule has 0 saturated carbocycles. The van der Waals surface area contributed by atoms with Gasteiger partial charge < -0.3 is 22.1 Å². The number of hydrogen-bond acceptors (Lipinski definition) is 10. The third-order valence-corrected chi connectivity index (χ3v) is 6.44. The second kappa shape index (κ2) is 10.7. The van der Waals surface area contributed by atoms with Crippen molar-refractivity contribution in [1.29, 1.82) is 0 Å². The number of aryl methyl sites for hydroxylation is 1. The van der Waals surface area contributed by atoms with Gasteiger partial charge in [-0.3, -0.25) is 14.4 Å². The number of carbonyl (C=O) groups is 3. The van der Waals surface area contributed by atoms with Gasteiger partial charge in [0.05, 0.1) is 16.5 Å². The van der Waals surface area contributed by atoms with E-state index in [0.29, 0.717) is 11.3 Å². The summed E-state index contributed by atoms with van der Waals surface area (Å²) in [7, 11) is -4.25. The number of hydrogen-bond donors (Lipinski definition) is 5. The molecule has 3 aromatic rings. The van der Waals surface area contributed by atoms with Crippen LogP contribution in [0.2, 0.25) is 0 Å². The van der Waals surface area contributed by atoms with Gasteiger partial charge in [0, 0.05) is 5.69 Å². The first-order chi connectivity index (χ1) is 17.3. The number of nitrogens with one attached hydrogen (secondary N) is 3. The fourth-order valence-corrected chi connectivity index (χ4v) is 4.13. The Morgan fingerprint density at radius 2 is 1.70 bits per heavy atom. The van der Waals surface area contributed by atoms with Gasteiger partial charge >= 0.3 is 0 Å². The van der Waals surface area contributed by atoms with Gasteiger partial charge in [0.25, 0.3) is 21.8 Å². The van der Waals surface area contributed by atoms with E-state index in [1.165, 1.54) is 44.2 Å². The van der Waals surface area contributed by atoms with Crippen LogP contribution in [0, 0.1) is 12.7 Å². The molecule has 3 rings (SSSR count). The zero-order valence-corrected chi connectivity index (χ0v) is 20.8. The summed E-state index contributed by atoms with van der Waals surface area (Å²) in [6, 6.07) is 7.30. The molecule has 0 bridgehead atoms. The molecule has 2 atom stereocenters. The molecule has 7 N–H and O–H groups in total. The molecule has 0 spiro atoms. The van der Waals surface area contributed by atoms with Crippen LogP contribution in [-0.4, -0.2) is 53.0 Å². The normalized spacial score (nSPS) is 12.9. The van der Waals surface area contributed by atoms with Crippen LogP contribution in [0.1, 0.15) is 29.8 Å². The molecular formula is C22H25FN8O5S. The molecule has 1 heterocycles. The first-order valence-electron chi connectivity index (χ1n) is 10.8. The Morgan fingerprint density at radius 3 is 2.30 bits per heavy atom. The van der Waals surface area contributed by atoms with Gasteiger partial charge in [0.15, 0.2) is 0 Å². The molecule has 0 aliphatic heterocycles. The number of nitrogens with two attached hydrogens (primary N) is 2. The third-order valence-electron chi connectivity index (χ3n) is 5.08. The highest BCUT2D eigenvalue weighted by molar-refractivity contribution is 7.90. The van der Waals surface area contributed by atoms with E-state index in [1.54, 1.807) is 13.0 Å². The molecule has 0 unspecified atom stereocenters. The summed E-state index contributed by atoms with van der Waals surface area (Å²) in [4.78, 5) is 40.2. The molecule has 0 fully saturated rings. The summed E-state index contributed by atoms with van der Waals surface area (Å²) in [5.74, 6) is -3.49. The molecule has 2 aromatic carbocycles. The van der Waals surface area contributed by atoms with Crippen LogP contribution in [0.25, 0.3) is 0 Å². The molecule has 1 aromatic heterocycles. The Labute approximate surface area is 211 Å². The zero-order valence-electron chi connectivity index (χ0n) is 20.0. The zero-order chi connectivity index (χ0) is 27.5. The van der Waals surface area contributed by atoms with Crippen LogP contribution < -0.4 is 26.8 Å². The topological polar surface area (TPSA) is 204 Å². The van der Waals surface area contributed by atoms with Crippen molar-refractivity contribution >= 4 is 45.3 Å². The fourth-order valence-electron chi connectivity index (χ4n) is 3.07. The number of sulfonamides is 1. The summed E-state index contributed by atoms with van der Waals surface area (Å²) >= 11 is 0. The van der Waals surface area contributed by atoms with E-state index < -0.39 is 45.6 Å².